The summed E-state index contributed by atoms with van der Waals surface area (Å²) in [7, 11) is 1.39. The summed E-state index contributed by atoms with van der Waals surface area (Å²) in [6.07, 6.45) is -2.52. The predicted molar refractivity (Wildman–Crippen MR) is 105 cm³/mol. The van der Waals surface area contributed by atoms with Crippen molar-refractivity contribution in [2.24, 2.45) is 0 Å². The van der Waals surface area contributed by atoms with Gasteiger partial charge >= 0.3 is 0 Å². The lowest BCUT2D eigenvalue weighted by Crippen LogP contribution is -2.62. The highest BCUT2D eigenvalue weighted by molar-refractivity contribution is 5.97. The highest BCUT2D eigenvalue weighted by Gasteiger charge is 2.47. The molecule has 2 aromatic carbocycles. The van der Waals surface area contributed by atoms with Gasteiger partial charge in [-0.15, -0.1) is 0 Å². The fraction of sp³-hybridized carbons (Fsp3) is 0.273. The molecule has 0 aliphatic carbocycles. The Kier molecular flexibility index (Phi) is 2.05. The van der Waals surface area contributed by atoms with Gasteiger partial charge in [-0.3, -0.25) is 9.59 Å². The van der Waals surface area contributed by atoms with Gasteiger partial charge in [0.25, 0.3) is 0 Å². The van der Waals surface area contributed by atoms with Crippen LogP contribution in [-0.4, -0.2) is 53.0 Å². The molecule has 0 bridgehead atoms. The fourth-order valence-corrected chi connectivity index (χ4v) is 4.11. The number of aromatic nitrogens is 1. The van der Waals surface area contributed by atoms with Crippen LogP contribution in [0.3, 0.4) is 0 Å². The van der Waals surface area contributed by atoms with Gasteiger partial charge in [0.05, 0.1) is 18.1 Å². The van der Waals surface area contributed by atoms with E-state index in [1.807, 2.05) is 0 Å². The van der Waals surface area contributed by atoms with Gasteiger partial charge in [0, 0.05) is 32.8 Å². The molecular formula is C22H19N3O4. The first kappa shape index (κ1) is 10.3. The van der Waals surface area contributed by atoms with E-state index in [1.165, 1.54) is 25.2 Å². The molecule has 6 rings (SSSR count). The van der Waals surface area contributed by atoms with Gasteiger partial charge in [-0.2, -0.15) is 0 Å². The van der Waals surface area contributed by atoms with E-state index in [4.69, 9.17) is 20.4 Å². The van der Waals surface area contributed by atoms with E-state index in [0.717, 1.165) is 9.80 Å². The van der Waals surface area contributed by atoms with E-state index in [0.29, 0.717) is 5.56 Å². The van der Waals surface area contributed by atoms with Crippen molar-refractivity contribution in [1.82, 2.24) is 14.8 Å². The third-order valence-corrected chi connectivity index (χ3v) is 5.43. The predicted octanol–water partition coefficient (Wildman–Crippen LogP) is 2.21. The van der Waals surface area contributed by atoms with Gasteiger partial charge in [0.1, 0.15) is 8.78 Å². The van der Waals surface area contributed by atoms with Crippen molar-refractivity contribution in [3.05, 3.63) is 59.2 Å². The zero-order chi connectivity index (χ0) is 26.8. The summed E-state index contributed by atoms with van der Waals surface area (Å²) in [5, 5.41) is -0.0961. The molecule has 146 valence electrons. The van der Waals surface area contributed by atoms with Crippen LogP contribution >= 0.6 is 0 Å². The van der Waals surface area contributed by atoms with Crippen LogP contribution in [0.15, 0.2) is 42.4 Å². The Hall–Kier alpha value is -3.48. The van der Waals surface area contributed by atoms with Crippen LogP contribution in [-0.2, 0) is 16.0 Å². The van der Waals surface area contributed by atoms with Crippen molar-refractivity contribution in [2.45, 2.75) is 18.5 Å². The number of fused-ring (bicyclic) bond motifs is 5. The molecule has 2 amide bonds. The number of hydrogen-bond acceptors (Lipinski definition) is 4. The lowest BCUT2D eigenvalue weighted by molar-refractivity contribution is -0.157. The summed E-state index contributed by atoms with van der Waals surface area (Å²) in [5.41, 5.74) is 0.255. The zero-order valence-electron chi connectivity index (χ0n) is 23.1. The summed E-state index contributed by atoms with van der Waals surface area (Å²) >= 11 is 0. The number of hydrogen-bond donors (Lipinski definition) is 1. The van der Waals surface area contributed by atoms with Crippen molar-refractivity contribution < 1.29 is 30.0 Å². The first-order chi connectivity index (χ1) is 17.2. The summed E-state index contributed by atoms with van der Waals surface area (Å²) in [4.78, 5) is 31.9. The minimum Gasteiger partial charge on any atom is -0.454 e. The molecule has 3 aromatic rings. The number of likely N-dealkylation sites (N-methyl/N-ethyl adjacent to an activating group) is 1. The Morgan fingerprint density at radius 1 is 1.21 bits per heavy atom. The fourth-order valence-electron chi connectivity index (χ4n) is 4.11. The third-order valence-electron chi connectivity index (χ3n) is 5.43. The van der Waals surface area contributed by atoms with Crippen LogP contribution in [0.2, 0.25) is 0 Å². The molecule has 0 saturated carbocycles. The Bertz CT molecular complexity index is 1550. The largest absolute Gasteiger partial charge is 0.454 e. The van der Waals surface area contributed by atoms with E-state index in [9.17, 15) is 9.59 Å². The minimum atomic E-state index is -2.52. The topological polar surface area (TPSA) is 74.9 Å². The summed E-state index contributed by atoms with van der Waals surface area (Å²) in [6.45, 7) is -2.71. The van der Waals surface area contributed by atoms with Gasteiger partial charge in [0.2, 0.25) is 18.6 Å². The first-order valence-corrected chi connectivity index (χ1v) is 8.95. The van der Waals surface area contributed by atoms with Crippen LogP contribution in [0.25, 0.3) is 10.9 Å². The molecule has 4 heterocycles. The number of nitrogens with one attached hydrogen (secondary N) is 1. The number of carbonyl (C=O) groups excluding carboxylic acids is 2. The summed E-state index contributed by atoms with van der Waals surface area (Å²) in [6, 6.07) is -0.262. The van der Waals surface area contributed by atoms with Crippen LogP contribution in [0.4, 0.5) is 0 Å². The Balaban J connectivity index is 1.69. The number of amides is 2. The Morgan fingerprint density at radius 3 is 2.93 bits per heavy atom. The normalized spacial score (nSPS) is 30.2. The second-order valence-electron chi connectivity index (χ2n) is 7.10. The molecule has 3 aliphatic rings. The first-order valence-electron chi connectivity index (χ1n) is 12.9. The molecule has 7 nitrogen and oxygen atoms in total. The maximum Gasteiger partial charge on any atom is 0.245 e. The number of nitrogens with zero attached hydrogens (tertiary/aromatic N) is 2. The molecule has 29 heavy (non-hydrogen) atoms. The third kappa shape index (κ3) is 2.24. The number of benzene rings is 2. The maximum atomic E-state index is 13.4. The highest BCUT2D eigenvalue weighted by atomic mass is 16.7. The van der Waals surface area contributed by atoms with Gasteiger partial charge in [0.15, 0.2) is 11.5 Å². The lowest BCUT2D eigenvalue weighted by atomic mass is 9.86. The minimum absolute atomic E-state index is 0.0439. The molecule has 1 N–H and O–H groups in total. The quantitative estimate of drug-likeness (QED) is 0.683. The standard InChI is InChI=1S/C22H19N3O4/c1-24-10-19(26)25-16(22(24)27)9-14-13-4-2-3-5-15(13)23-20(14)21(25)12-6-7-17-18(8-12)29-11-28-17/h2-8,16,21,23H,9-11H2,1H3/t16-,21?/m1/s1/i2D,3D,4D,5D,9D2,11D2. The van der Waals surface area contributed by atoms with E-state index in [-0.39, 0.29) is 40.2 Å². The number of rotatable bonds is 1. The van der Waals surface area contributed by atoms with Crippen molar-refractivity contribution in [3.8, 4) is 11.5 Å². The van der Waals surface area contributed by atoms with Crippen molar-refractivity contribution in [3.63, 3.8) is 0 Å². The SMILES string of the molecule is [2H]c1c([2H])c([2H])c2c3c([nH]c2c1[2H])C(c1ccc2c(c1)OC([2H])([2H])O2)N1C(=O)CN(C)C(=O)[C@H]1C3([2H])[2H]. The zero-order valence-corrected chi connectivity index (χ0v) is 15.1. The van der Waals surface area contributed by atoms with Gasteiger partial charge in [-0.25, -0.2) is 0 Å². The van der Waals surface area contributed by atoms with Crippen molar-refractivity contribution in [1.29, 1.82) is 0 Å². The number of ether oxygens (including phenoxy) is 2. The monoisotopic (exact) mass is 397 g/mol. The molecule has 1 saturated heterocycles. The number of aromatic amines is 1. The molecule has 7 heteroatoms. The van der Waals surface area contributed by atoms with Gasteiger partial charge in [-0.05, 0) is 29.3 Å². The van der Waals surface area contributed by atoms with E-state index < -0.39 is 61.2 Å². The molecule has 0 spiro atoms. The van der Waals surface area contributed by atoms with Gasteiger partial charge < -0.3 is 24.3 Å². The number of carbonyl (C=O) groups is 2. The molecular weight excluding hydrogens is 370 g/mol. The summed E-state index contributed by atoms with van der Waals surface area (Å²) in [5.74, 6) is -1.04. The Labute approximate surface area is 178 Å². The molecule has 2 atom stereocenters. The smallest absolute Gasteiger partial charge is 0.245 e. The highest BCUT2D eigenvalue weighted by Crippen LogP contribution is 2.44. The van der Waals surface area contributed by atoms with Crippen LogP contribution < -0.4 is 9.47 Å². The number of H-pyrrole nitrogens is 1. The second-order valence-corrected chi connectivity index (χ2v) is 7.10. The van der Waals surface area contributed by atoms with E-state index in [2.05, 4.69) is 4.98 Å². The van der Waals surface area contributed by atoms with Crippen molar-refractivity contribution in [2.75, 3.05) is 20.3 Å². The molecule has 1 fully saturated rings. The number of para-hydroxylation sites is 1. The van der Waals surface area contributed by atoms with Crippen LogP contribution in [0.5, 0.6) is 11.5 Å². The van der Waals surface area contributed by atoms with Crippen molar-refractivity contribution >= 4 is 22.7 Å². The second kappa shape index (κ2) is 5.76. The Morgan fingerprint density at radius 2 is 2.03 bits per heavy atom. The van der Waals surface area contributed by atoms with E-state index in [1.54, 1.807) is 0 Å². The van der Waals surface area contributed by atoms with Gasteiger partial charge in [-0.1, -0.05) is 24.2 Å². The maximum absolute atomic E-state index is 13.4. The molecule has 1 unspecified atom stereocenters. The van der Waals surface area contributed by atoms with Crippen LogP contribution in [0, 0.1) is 0 Å². The number of piperazine rings is 1. The average molecular weight is 397 g/mol. The molecule has 0 radical (unpaired) electrons. The summed E-state index contributed by atoms with van der Waals surface area (Å²) < 4.78 is 76.9. The lowest BCUT2D eigenvalue weighted by Gasteiger charge is -2.46. The van der Waals surface area contributed by atoms with Crippen LogP contribution in [0.1, 0.15) is 33.8 Å². The average Bonchev–Trinajstić information content (AvgIpc) is 3.36. The molecule has 3 aliphatic heterocycles. The van der Waals surface area contributed by atoms with E-state index >= 15 is 0 Å². The molecule has 1 aromatic heterocycles.